The van der Waals surface area contributed by atoms with Crippen LogP contribution in [0.15, 0.2) is 71.3 Å². The van der Waals surface area contributed by atoms with E-state index < -0.39 is 0 Å². The molecule has 0 N–H and O–H groups in total. The molecule has 4 nitrogen and oxygen atoms in total. The van der Waals surface area contributed by atoms with Gasteiger partial charge in [0, 0.05) is 28.6 Å². The zero-order chi connectivity index (χ0) is 15.2. The Balaban J connectivity index is 1.81. The lowest BCUT2D eigenvalue weighted by molar-refractivity contribution is 0.667. The largest absolute Gasteiger partial charge is 0.454 e. The van der Waals surface area contributed by atoms with Crippen molar-refractivity contribution >= 4 is 33.0 Å². The molecular formula is C19H11N3O. The van der Waals surface area contributed by atoms with Gasteiger partial charge in [0.2, 0.25) is 0 Å². The van der Waals surface area contributed by atoms with Crippen LogP contribution in [0.25, 0.3) is 44.2 Å². The summed E-state index contributed by atoms with van der Waals surface area (Å²) in [5, 5.41) is 10.8. The fourth-order valence-corrected chi connectivity index (χ4v) is 2.95. The number of para-hydroxylation sites is 2. The lowest BCUT2D eigenvalue weighted by atomic mass is 10.1. The second-order valence-electron chi connectivity index (χ2n) is 5.42. The topological polar surface area (TPSA) is 51.8 Å². The van der Waals surface area contributed by atoms with Crippen LogP contribution in [0.3, 0.4) is 0 Å². The van der Waals surface area contributed by atoms with Crippen LogP contribution < -0.4 is 0 Å². The van der Waals surface area contributed by atoms with Crippen molar-refractivity contribution in [2.24, 2.45) is 0 Å². The molecular weight excluding hydrogens is 286 g/mol. The Hall–Kier alpha value is -3.27. The van der Waals surface area contributed by atoms with Crippen LogP contribution in [0, 0.1) is 0 Å². The molecule has 0 aliphatic rings. The van der Waals surface area contributed by atoms with Crippen molar-refractivity contribution in [3.05, 3.63) is 66.9 Å². The van der Waals surface area contributed by atoms with Crippen LogP contribution in [0.4, 0.5) is 0 Å². The number of fused-ring (bicyclic) bond motifs is 4. The van der Waals surface area contributed by atoms with Gasteiger partial charge in [0.05, 0.1) is 11.2 Å². The third kappa shape index (κ3) is 1.82. The van der Waals surface area contributed by atoms with Crippen LogP contribution in [0.5, 0.6) is 0 Å². The number of benzene rings is 2. The van der Waals surface area contributed by atoms with Crippen molar-refractivity contribution in [2.45, 2.75) is 0 Å². The molecule has 0 atom stereocenters. The smallest absolute Gasteiger partial charge is 0.157 e. The van der Waals surface area contributed by atoms with Gasteiger partial charge in [0.25, 0.3) is 0 Å². The lowest BCUT2D eigenvalue weighted by Gasteiger charge is -2.04. The number of furan rings is 1. The monoisotopic (exact) mass is 297 g/mol. The molecule has 0 aliphatic heterocycles. The van der Waals surface area contributed by atoms with E-state index in [9.17, 15) is 0 Å². The molecule has 0 aliphatic carbocycles. The Morgan fingerprint density at radius 2 is 1.65 bits per heavy atom. The van der Waals surface area contributed by atoms with Crippen LogP contribution in [0.2, 0.25) is 0 Å². The van der Waals surface area contributed by atoms with Gasteiger partial charge in [-0.05, 0) is 18.2 Å². The number of pyridine rings is 1. The molecule has 0 unspecified atom stereocenters. The average molecular weight is 297 g/mol. The molecule has 23 heavy (non-hydrogen) atoms. The molecule has 0 radical (unpaired) electrons. The van der Waals surface area contributed by atoms with E-state index in [0.717, 1.165) is 44.2 Å². The van der Waals surface area contributed by atoms with E-state index >= 15 is 0 Å². The van der Waals surface area contributed by atoms with E-state index in [2.05, 4.69) is 15.2 Å². The number of hydrogen-bond donors (Lipinski definition) is 0. The normalized spacial score (nSPS) is 11.5. The highest BCUT2D eigenvalue weighted by Gasteiger charge is 2.12. The maximum atomic E-state index is 5.90. The fourth-order valence-electron chi connectivity index (χ4n) is 2.95. The Labute approximate surface area is 131 Å². The van der Waals surface area contributed by atoms with Gasteiger partial charge in [-0.1, -0.05) is 36.4 Å². The van der Waals surface area contributed by atoms with E-state index in [0.29, 0.717) is 0 Å². The molecule has 5 aromatic rings. The zero-order valence-electron chi connectivity index (χ0n) is 12.1. The van der Waals surface area contributed by atoms with E-state index in [4.69, 9.17) is 4.42 Å². The van der Waals surface area contributed by atoms with Gasteiger partial charge in [-0.25, -0.2) is 0 Å². The summed E-state index contributed by atoms with van der Waals surface area (Å²) in [7, 11) is 0. The highest BCUT2D eigenvalue weighted by Crippen LogP contribution is 2.31. The number of rotatable bonds is 1. The number of hydrogen-bond acceptors (Lipinski definition) is 4. The Morgan fingerprint density at radius 1 is 0.739 bits per heavy atom. The molecule has 0 fully saturated rings. The summed E-state index contributed by atoms with van der Waals surface area (Å²) in [6, 6.07) is 19.8. The quantitative estimate of drug-likeness (QED) is 0.454. The predicted octanol–water partition coefficient (Wildman–Crippen LogP) is 4.59. The van der Waals surface area contributed by atoms with Gasteiger partial charge in [0.1, 0.15) is 11.1 Å². The predicted molar refractivity (Wildman–Crippen MR) is 90.0 cm³/mol. The third-order valence-electron chi connectivity index (χ3n) is 4.03. The van der Waals surface area contributed by atoms with E-state index in [1.807, 2.05) is 60.7 Å². The fraction of sp³-hybridized carbons (Fsp3) is 0. The van der Waals surface area contributed by atoms with Crippen molar-refractivity contribution in [2.75, 3.05) is 0 Å². The SMILES string of the molecule is c1cnc2c(-c3cc4oc5ccccc5c4nn3)cccc2c1. The molecule has 4 heteroatoms. The summed E-state index contributed by atoms with van der Waals surface area (Å²) < 4.78 is 5.90. The number of nitrogens with zero attached hydrogens (tertiary/aromatic N) is 3. The van der Waals surface area contributed by atoms with E-state index in [-0.39, 0.29) is 0 Å². The van der Waals surface area contributed by atoms with Gasteiger partial charge < -0.3 is 4.42 Å². The standard InChI is InChI=1S/C19H11N3O/c1-2-9-16-14(7-1)19-17(23-16)11-15(21-22-19)13-8-3-5-12-6-4-10-20-18(12)13/h1-11H. The van der Waals surface area contributed by atoms with Gasteiger partial charge in [-0.15, -0.1) is 10.2 Å². The van der Waals surface area contributed by atoms with Gasteiger partial charge in [-0.2, -0.15) is 0 Å². The summed E-state index contributed by atoms with van der Waals surface area (Å²) in [6.45, 7) is 0. The molecule has 0 saturated carbocycles. The summed E-state index contributed by atoms with van der Waals surface area (Å²) >= 11 is 0. The van der Waals surface area contributed by atoms with Crippen LogP contribution in [-0.2, 0) is 0 Å². The maximum Gasteiger partial charge on any atom is 0.157 e. The molecule has 0 bridgehead atoms. The highest BCUT2D eigenvalue weighted by molar-refractivity contribution is 6.03. The van der Waals surface area contributed by atoms with Crippen LogP contribution in [0.1, 0.15) is 0 Å². The Morgan fingerprint density at radius 3 is 2.65 bits per heavy atom. The molecule has 3 aromatic heterocycles. The Bertz CT molecular complexity index is 1170. The summed E-state index contributed by atoms with van der Waals surface area (Å²) in [5.74, 6) is 0. The molecule has 0 saturated heterocycles. The minimum absolute atomic E-state index is 0.740. The average Bonchev–Trinajstić information content (AvgIpc) is 2.99. The summed E-state index contributed by atoms with van der Waals surface area (Å²) in [4.78, 5) is 4.48. The second kappa shape index (κ2) is 4.61. The van der Waals surface area contributed by atoms with E-state index in [1.165, 1.54) is 0 Å². The maximum absolute atomic E-state index is 5.90. The molecule has 0 spiro atoms. The lowest BCUT2D eigenvalue weighted by Crippen LogP contribution is -1.90. The molecule has 2 aromatic carbocycles. The minimum Gasteiger partial charge on any atom is -0.454 e. The van der Waals surface area contributed by atoms with Crippen molar-refractivity contribution in [3.8, 4) is 11.3 Å². The van der Waals surface area contributed by atoms with Crippen LogP contribution in [-0.4, -0.2) is 15.2 Å². The molecule has 0 amide bonds. The highest BCUT2D eigenvalue weighted by atomic mass is 16.3. The van der Waals surface area contributed by atoms with Gasteiger partial charge in [0.15, 0.2) is 5.58 Å². The minimum atomic E-state index is 0.740. The van der Waals surface area contributed by atoms with Gasteiger partial charge in [-0.3, -0.25) is 4.98 Å². The van der Waals surface area contributed by atoms with Crippen molar-refractivity contribution in [1.82, 2.24) is 15.2 Å². The summed E-state index contributed by atoms with van der Waals surface area (Å²) in [6.07, 6.45) is 1.79. The van der Waals surface area contributed by atoms with E-state index in [1.54, 1.807) is 6.20 Å². The Kier molecular flexibility index (Phi) is 2.46. The number of aromatic nitrogens is 3. The third-order valence-corrected chi connectivity index (χ3v) is 4.03. The first kappa shape index (κ1) is 12.3. The molecule has 3 heterocycles. The second-order valence-corrected chi connectivity index (χ2v) is 5.42. The first-order chi connectivity index (χ1) is 11.4. The van der Waals surface area contributed by atoms with Gasteiger partial charge >= 0.3 is 0 Å². The first-order valence-corrected chi connectivity index (χ1v) is 7.39. The van der Waals surface area contributed by atoms with Crippen molar-refractivity contribution in [1.29, 1.82) is 0 Å². The van der Waals surface area contributed by atoms with Crippen molar-refractivity contribution < 1.29 is 4.42 Å². The van der Waals surface area contributed by atoms with Crippen molar-refractivity contribution in [3.63, 3.8) is 0 Å². The first-order valence-electron chi connectivity index (χ1n) is 7.39. The van der Waals surface area contributed by atoms with Crippen LogP contribution >= 0.6 is 0 Å². The zero-order valence-corrected chi connectivity index (χ0v) is 12.1. The molecule has 5 rings (SSSR count). The summed E-state index contributed by atoms with van der Waals surface area (Å²) in [5.41, 5.74) is 4.99. The molecule has 108 valence electrons.